The zero-order valence-corrected chi connectivity index (χ0v) is 18.4. The SMILES string of the molecule is CC(=O)NC12C[C@@H]3C[C@@H](C1)CC(C(=O)O[C@@H](C)C(=O)Nc1ccc(Br)cc1)(C3)C2. The third-order valence-electron chi connectivity index (χ3n) is 6.70. The maximum atomic E-state index is 13.2. The molecule has 3 atom stereocenters. The topological polar surface area (TPSA) is 84.5 Å². The number of carbonyl (C=O) groups is 3. The fourth-order valence-corrected chi connectivity index (χ4v) is 6.40. The van der Waals surface area contributed by atoms with Crippen molar-refractivity contribution < 1.29 is 19.1 Å². The number of carbonyl (C=O) groups excluding carboxylic acids is 3. The van der Waals surface area contributed by atoms with Crippen LogP contribution < -0.4 is 10.6 Å². The van der Waals surface area contributed by atoms with Crippen LogP contribution in [0, 0.1) is 17.3 Å². The Labute approximate surface area is 179 Å². The van der Waals surface area contributed by atoms with Crippen LogP contribution in [0.4, 0.5) is 5.69 Å². The largest absolute Gasteiger partial charge is 0.452 e. The molecule has 0 radical (unpaired) electrons. The summed E-state index contributed by atoms with van der Waals surface area (Å²) in [5, 5.41) is 5.94. The molecule has 156 valence electrons. The van der Waals surface area contributed by atoms with Crippen molar-refractivity contribution in [1.29, 1.82) is 0 Å². The number of halogens is 1. The van der Waals surface area contributed by atoms with Gasteiger partial charge in [0, 0.05) is 22.6 Å². The first-order chi connectivity index (χ1) is 13.7. The number of hydrogen-bond acceptors (Lipinski definition) is 4. The summed E-state index contributed by atoms with van der Waals surface area (Å²) in [6.07, 6.45) is 4.34. The molecule has 4 saturated carbocycles. The van der Waals surface area contributed by atoms with Crippen molar-refractivity contribution in [3.8, 4) is 0 Å². The van der Waals surface area contributed by atoms with E-state index >= 15 is 0 Å². The zero-order chi connectivity index (χ0) is 20.8. The van der Waals surface area contributed by atoms with Gasteiger partial charge in [-0.1, -0.05) is 15.9 Å². The van der Waals surface area contributed by atoms with Crippen LogP contribution in [-0.4, -0.2) is 29.4 Å². The van der Waals surface area contributed by atoms with Crippen LogP contribution in [0.2, 0.25) is 0 Å². The first kappa shape index (κ1) is 20.4. The van der Waals surface area contributed by atoms with Gasteiger partial charge in [-0.25, -0.2) is 0 Å². The van der Waals surface area contributed by atoms with E-state index in [2.05, 4.69) is 26.6 Å². The predicted octanol–water partition coefficient (Wildman–Crippen LogP) is 3.79. The number of anilines is 1. The number of esters is 1. The van der Waals surface area contributed by atoms with Crippen LogP contribution in [0.1, 0.15) is 52.4 Å². The molecule has 6 nitrogen and oxygen atoms in total. The van der Waals surface area contributed by atoms with E-state index in [9.17, 15) is 14.4 Å². The smallest absolute Gasteiger partial charge is 0.312 e. The Kier molecular flexibility index (Phi) is 5.21. The molecule has 2 N–H and O–H groups in total. The average Bonchev–Trinajstić information content (AvgIpc) is 2.61. The molecule has 4 aliphatic rings. The fraction of sp³-hybridized carbons (Fsp3) is 0.591. The summed E-state index contributed by atoms with van der Waals surface area (Å²) in [6.45, 7) is 3.15. The molecule has 1 aromatic carbocycles. The van der Waals surface area contributed by atoms with Crippen LogP contribution in [0.5, 0.6) is 0 Å². The maximum Gasteiger partial charge on any atom is 0.312 e. The van der Waals surface area contributed by atoms with E-state index in [0.717, 1.165) is 36.6 Å². The molecule has 0 aromatic heterocycles. The first-order valence-corrected chi connectivity index (χ1v) is 11.0. The Morgan fingerprint density at radius 1 is 1.10 bits per heavy atom. The molecule has 4 aliphatic carbocycles. The third-order valence-corrected chi connectivity index (χ3v) is 7.23. The molecule has 0 saturated heterocycles. The second-order valence-corrected chi connectivity index (χ2v) is 10.2. The van der Waals surface area contributed by atoms with Gasteiger partial charge in [-0.3, -0.25) is 14.4 Å². The lowest BCUT2D eigenvalue weighted by Crippen LogP contribution is -2.65. The number of benzene rings is 1. The number of hydrogen-bond donors (Lipinski definition) is 2. The van der Waals surface area contributed by atoms with Crippen LogP contribution in [0.3, 0.4) is 0 Å². The van der Waals surface area contributed by atoms with Crippen molar-refractivity contribution in [2.45, 2.75) is 64.0 Å². The van der Waals surface area contributed by atoms with E-state index in [4.69, 9.17) is 4.74 Å². The third kappa shape index (κ3) is 4.06. The number of nitrogens with one attached hydrogen (secondary N) is 2. The van der Waals surface area contributed by atoms with Crippen molar-refractivity contribution in [1.82, 2.24) is 5.32 Å². The second-order valence-electron chi connectivity index (χ2n) is 9.25. The van der Waals surface area contributed by atoms with Gasteiger partial charge in [0.05, 0.1) is 5.41 Å². The van der Waals surface area contributed by atoms with Crippen LogP contribution in [-0.2, 0) is 19.1 Å². The van der Waals surface area contributed by atoms with Gasteiger partial charge in [0.15, 0.2) is 6.10 Å². The molecular weight excluding hydrogens is 436 g/mol. The molecule has 4 bridgehead atoms. The van der Waals surface area contributed by atoms with Gasteiger partial charge in [-0.15, -0.1) is 0 Å². The molecule has 7 heteroatoms. The monoisotopic (exact) mass is 462 g/mol. The number of amides is 2. The van der Waals surface area contributed by atoms with E-state index in [-0.39, 0.29) is 23.3 Å². The van der Waals surface area contributed by atoms with Gasteiger partial charge in [-0.2, -0.15) is 0 Å². The highest BCUT2D eigenvalue weighted by atomic mass is 79.9. The Balaban J connectivity index is 1.44. The van der Waals surface area contributed by atoms with Crippen molar-refractivity contribution >= 4 is 39.4 Å². The van der Waals surface area contributed by atoms with Crippen molar-refractivity contribution in [2.24, 2.45) is 17.3 Å². The molecule has 2 amide bonds. The molecule has 1 aromatic rings. The zero-order valence-electron chi connectivity index (χ0n) is 16.8. The molecule has 0 aliphatic heterocycles. The second kappa shape index (κ2) is 7.42. The van der Waals surface area contributed by atoms with E-state index in [0.29, 0.717) is 23.9 Å². The molecule has 4 fully saturated rings. The lowest BCUT2D eigenvalue weighted by molar-refractivity contribution is -0.181. The Morgan fingerprint density at radius 3 is 2.31 bits per heavy atom. The van der Waals surface area contributed by atoms with Gasteiger partial charge in [0.25, 0.3) is 5.91 Å². The van der Waals surface area contributed by atoms with Gasteiger partial charge < -0.3 is 15.4 Å². The normalized spacial score (nSPS) is 33.1. The summed E-state index contributed by atoms with van der Waals surface area (Å²) in [7, 11) is 0. The van der Waals surface area contributed by atoms with E-state index in [1.165, 1.54) is 6.92 Å². The van der Waals surface area contributed by atoms with Gasteiger partial charge >= 0.3 is 5.97 Å². The summed E-state index contributed by atoms with van der Waals surface area (Å²) in [4.78, 5) is 37.5. The summed E-state index contributed by atoms with van der Waals surface area (Å²) < 4.78 is 6.59. The van der Waals surface area contributed by atoms with E-state index in [1.54, 1.807) is 19.1 Å². The molecule has 5 rings (SSSR count). The summed E-state index contributed by atoms with van der Waals surface area (Å²) in [6, 6.07) is 7.24. The first-order valence-electron chi connectivity index (χ1n) is 10.2. The molecule has 0 unspecified atom stereocenters. The molecule has 0 heterocycles. The van der Waals surface area contributed by atoms with Gasteiger partial charge in [-0.05, 0) is 81.5 Å². The lowest BCUT2D eigenvalue weighted by Gasteiger charge is -2.60. The summed E-state index contributed by atoms with van der Waals surface area (Å²) in [5.74, 6) is 0.185. The predicted molar refractivity (Wildman–Crippen MR) is 112 cm³/mol. The Hall–Kier alpha value is -1.89. The minimum absolute atomic E-state index is 0.0438. The Morgan fingerprint density at radius 2 is 1.72 bits per heavy atom. The number of ether oxygens (including phenoxy) is 1. The number of rotatable bonds is 5. The van der Waals surface area contributed by atoms with Crippen LogP contribution in [0.25, 0.3) is 0 Å². The van der Waals surface area contributed by atoms with Gasteiger partial charge in [0.1, 0.15) is 0 Å². The molecule has 29 heavy (non-hydrogen) atoms. The lowest BCUT2D eigenvalue weighted by atomic mass is 9.47. The fourth-order valence-electron chi connectivity index (χ4n) is 6.14. The highest BCUT2D eigenvalue weighted by molar-refractivity contribution is 9.10. The van der Waals surface area contributed by atoms with Crippen molar-refractivity contribution in [3.63, 3.8) is 0 Å². The van der Waals surface area contributed by atoms with Crippen molar-refractivity contribution in [2.75, 3.05) is 5.32 Å². The van der Waals surface area contributed by atoms with Crippen LogP contribution in [0.15, 0.2) is 28.7 Å². The Bertz CT molecular complexity index is 824. The van der Waals surface area contributed by atoms with Gasteiger partial charge in [0.2, 0.25) is 5.91 Å². The minimum atomic E-state index is -0.879. The van der Waals surface area contributed by atoms with E-state index in [1.807, 2.05) is 12.1 Å². The quantitative estimate of drug-likeness (QED) is 0.651. The minimum Gasteiger partial charge on any atom is -0.452 e. The molecular formula is C22H27BrN2O4. The summed E-state index contributed by atoms with van der Waals surface area (Å²) in [5.41, 5.74) is -0.225. The highest BCUT2D eigenvalue weighted by Crippen LogP contribution is 2.62. The van der Waals surface area contributed by atoms with E-state index < -0.39 is 11.5 Å². The van der Waals surface area contributed by atoms with Crippen molar-refractivity contribution in [3.05, 3.63) is 28.7 Å². The molecule has 0 spiro atoms. The average molecular weight is 463 g/mol. The highest BCUT2D eigenvalue weighted by Gasteiger charge is 2.61. The van der Waals surface area contributed by atoms with Crippen LogP contribution >= 0.6 is 15.9 Å². The standard InChI is InChI=1S/C22H27BrN2O4/c1-13(19(27)24-18-5-3-17(23)4-6-18)29-20(28)21-8-15-7-16(9-21)11-22(10-15,12-21)25-14(2)26/h3-6,13,15-16H,7-12H2,1-2H3,(H,24,27)(H,25,26)/t13-,15+,16+,21?,22?/m0/s1. The maximum absolute atomic E-state index is 13.2. The summed E-state index contributed by atoms with van der Waals surface area (Å²) >= 11 is 3.36.